The summed E-state index contributed by atoms with van der Waals surface area (Å²) in [6.07, 6.45) is 3.09. The van der Waals surface area contributed by atoms with Crippen LogP contribution in [-0.2, 0) is 13.2 Å². The number of rotatable bonds is 8. The predicted molar refractivity (Wildman–Crippen MR) is 114 cm³/mol. The van der Waals surface area contributed by atoms with Gasteiger partial charge in [-0.3, -0.25) is 0 Å². The van der Waals surface area contributed by atoms with Gasteiger partial charge in [-0.15, -0.1) is 5.10 Å². The number of benzene rings is 2. The van der Waals surface area contributed by atoms with Crippen molar-refractivity contribution in [2.45, 2.75) is 25.7 Å². The Kier molecular flexibility index (Phi) is 5.32. The van der Waals surface area contributed by atoms with Crippen LogP contribution in [0.25, 0.3) is 5.69 Å². The number of aromatic amines is 1. The zero-order chi connectivity index (χ0) is 23.7. The third-order valence-corrected chi connectivity index (χ3v) is 5.20. The van der Waals surface area contributed by atoms with Crippen molar-refractivity contribution in [1.82, 2.24) is 20.0 Å². The average molecular weight is 467 g/mol. The van der Waals surface area contributed by atoms with Gasteiger partial charge in [-0.25, -0.2) is 9.07 Å². The number of fused-ring (bicyclic) bond motifs is 1. The minimum absolute atomic E-state index is 0.0722. The van der Waals surface area contributed by atoms with Gasteiger partial charge in [0.1, 0.15) is 31.2 Å². The molecule has 174 valence electrons. The highest BCUT2D eigenvalue weighted by Gasteiger charge is 2.43. The van der Waals surface area contributed by atoms with Gasteiger partial charge in [-0.1, -0.05) is 23.4 Å². The Bertz CT molecular complexity index is 1330. The number of H-pyrrole nitrogens is 1. The lowest BCUT2D eigenvalue weighted by atomic mass is 10.1. The van der Waals surface area contributed by atoms with Crippen LogP contribution in [0.2, 0.25) is 0 Å². The van der Waals surface area contributed by atoms with Crippen molar-refractivity contribution in [3.8, 4) is 23.2 Å². The molecule has 2 aromatic carbocycles. The molecule has 11 nitrogen and oxygen atoms in total. The second-order valence-corrected chi connectivity index (χ2v) is 8.04. The van der Waals surface area contributed by atoms with Gasteiger partial charge >= 0.3 is 11.8 Å². The maximum absolute atomic E-state index is 13.7. The summed E-state index contributed by atoms with van der Waals surface area (Å²) in [4.78, 5) is 13.0. The number of halogens is 1. The molecule has 0 fully saturated rings. The molecule has 0 amide bonds. The Labute approximate surface area is 192 Å². The molecule has 5 rings (SSSR count). The summed E-state index contributed by atoms with van der Waals surface area (Å²) < 4.78 is 34.2. The molecular formula is C22H20FN6O5+. The standard InChI is InChI=1S/C22H19FN6O5/c1-22(13-27-11-20(29(30)31)24-21(27)34-22)14-33-17-6-4-5-16(9-17)28-10-15(25-26-28)12-32-19-8-3-2-7-18(19)23/h2-11H,12-14H2,1H3/p+1/t22-/m1/s1. The normalized spacial score (nSPS) is 16.6. The van der Waals surface area contributed by atoms with Crippen molar-refractivity contribution in [2.24, 2.45) is 0 Å². The van der Waals surface area contributed by atoms with E-state index in [1.54, 1.807) is 45.8 Å². The Balaban J connectivity index is 1.21. The van der Waals surface area contributed by atoms with Gasteiger partial charge in [0, 0.05) is 6.07 Å². The van der Waals surface area contributed by atoms with E-state index >= 15 is 0 Å². The van der Waals surface area contributed by atoms with Gasteiger partial charge in [0.25, 0.3) is 0 Å². The minimum atomic E-state index is -0.693. The quantitative estimate of drug-likeness (QED) is 0.240. The fourth-order valence-electron chi connectivity index (χ4n) is 3.57. The van der Waals surface area contributed by atoms with Crippen molar-refractivity contribution in [2.75, 3.05) is 6.61 Å². The molecule has 0 unspecified atom stereocenters. The first-order valence-electron chi connectivity index (χ1n) is 10.4. The van der Waals surface area contributed by atoms with Gasteiger partial charge in [0.15, 0.2) is 23.4 Å². The van der Waals surface area contributed by atoms with Crippen LogP contribution in [0, 0.1) is 15.9 Å². The second kappa shape index (κ2) is 8.46. The van der Waals surface area contributed by atoms with Gasteiger partial charge < -0.3 is 24.3 Å². The number of aromatic nitrogens is 5. The van der Waals surface area contributed by atoms with Crippen LogP contribution < -0.4 is 18.8 Å². The number of nitrogens with one attached hydrogen (secondary N) is 1. The Morgan fingerprint density at radius 2 is 2.15 bits per heavy atom. The number of nitro groups is 1. The number of para-hydroxylation sites is 1. The molecular weight excluding hydrogens is 447 g/mol. The predicted octanol–water partition coefficient (Wildman–Crippen LogP) is 2.74. The van der Waals surface area contributed by atoms with Crippen LogP contribution in [0.4, 0.5) is 10.2 Å². The van der Waals surface area contributed by atoms with E-state index in [2.05, 4.69) is 15.3 Å². The summed E-state index contributed by atoms with van der Waals surface area (Å²) in [7, 11) is 0. The lowest BCUT2D eigenvalue weighted by molar-refractivity contribution is -0.684. The van der Waals surface area contributed by atoms with Crippen LogP contribution in [0.5, 0.6) is 17.5 Å². The molecule has 0 saturated heterocycles. The lowest BCUT2D eigenvalue weighted by Gasteiger charge is -2.20. The first-order valence-corrected chi connectivity index (χ1v) is 10.4. The highest BCUT2D eigenvalue weighted by atomic mass is 19.1. The van der Waals surface area contributed by atoms with E-state index in [1.165, 1.54) is 12.3 Å². The summed E-state index contributed by atoms with van der Waals surface area (Å²) in [5.41, 5.74) is 0.560. The van der Waals surface area contributed by atoms with Crippen molar-refractivity contribution >= 4 is 5.82 Å². The molecule has 1 aliphatic rings. The van der Waals surface area contributed by atoms with Crippen LogP contribution in [0.15, 0.2) is 60.9 Å². The third-order valence-electron chi connectivity index (χ3n) is 5.20. The fraction of sp³-hybridized carbons (Fsp3) is 0.227. The summed E-state index contributed by atoms with van der Waals surface area (Å²) in [6, 6.07) is 13.7. The SMILES string of the molecule is C[C@]1(COc2cccc(-n3cc(COc4ccccc4F)nn3)c2)C[n+]2cc([N+](=O)[O-])[nH]c2O1. The van der Waals surface area contributed by atoms with Crippen molar-refractivity contribution < 1.29 is 28.1 Å². The van der Waals surface area contributed by atoms with Gasteiger partial charge in [-0.05, 0) is 36.1 Å². The molecule has 0 spiro atoms. The number of hydrogen-bond acceptors (Lipinski definition) is 7. The summed E-state index contributed by atoms with van der Waals surface area (Å²) >= 11 is 0. The van der Waals surface area contributed by atoms with Gasteiger partial charge in [0.2, 0.25) is 0 Å². The monoisotopic (exact) mass is 467 g/mol. The number of nitrogens with zero attached hydrogens (tertiary/aromatic N) is 5. The Morgan fingerprint density at radius 1 is 1.29 bits per heavy atom. The molecule has 4 aromatic rings. The zero-order valence-corrected chi connectivity index (χ0v) is 18.1. The van der Waals surface area contributed by atoms with Gasteiger partial charge in [-0.2, -0.15) is 9.55 Å². The maximum atomic E-state index is 13.7. The number of hydrogen-bond donors (Lipinski definition) is 1. The van der Waals surface area contributed by atoms with E-state index in [9.17, 15) is 14.5 Å². The Hall–Kier alpha value is -4.48. The third kappa shape index (κ3) is 4.37. The number of imidazole rings is 1. The van der Waals surface area contributed by atoms with E-state index in [4.69, 9.17) is 14.2 Å². The van der Waals surface area contributed by atoms with E-state index in [1.807, 2.05) is 19.1 Å². The largest absolute Gasteiger partial charge is 0.489 e. The van der Waals surface area contributed by atoms with E-state index < -0.39 is 16.3 Å². The minimum Gasteiger partial charge on any atom is -0.489 e. The molecule has 3 heterocycles. The second-order valence-electron chi connectivity index (χ2n) is 8.04. The molecule has 34 heavy (non-hydrogen) atoms. The molecule has 1 aliphatic heterocycles. The maximum Gasteiger partial charge on any atom is 0.458 e. The average Bonchev–Trinajstić information content (AvgIpc) is 3.51. The van der Waals surface area contributed by atoms with Crippen LogP contribution >= 0.6 is 0 Å². The van der Waals surface area contributed by atoms with E-state index in [-0.39, 0.29) is 24.8 Å². The van der Waals surface area contributed by atoms with E-state index in [0.29, 0.717) is 24.0 Å². The fourth-order valence-corrected chi connectivity index (χ4v) is 3.57. The smallest absolute Gasteiger partial charge is 0.458 e. The molecule has 12 heteroatoms. The topological polar surface area (TPSA) is 121 Å². The molecule has 0 aliphatic carbocycles. The number of ether oxygens (including phenoxy) is 3. The van der Waals surface area contributed by atoms with E-state index in [0.717, 1.165) is 5.69 Å². The molecule has 1 atom stereocenters. The lowest BCUT2D eigenvalue weighted by Crippen LogP contribution is -2.43. The molecule has 1 N–H and O–H groups in total. The van der Waals surface area contributed by atoms with Crippen molar-refractivity contribution in [3.05, 3.63) is 82.6 Å². The summed E-state index contributed by atoms with van der Waals surface area (Å²) in [5, 5.41) is 19.1. The summed E-state index contributed by atoms with van der Waals surface area (Å²) in [6.45, 7) is 2.56. The first-order chi connectivity index (χ1) is 16.4. The molecule has 0 saturated carbocycles. The van der Waals surface area contributed by atoms with Gasteiger partial charge in [0.05, 0.1) is 11.9 Å². The first kappa shape index (κ1) is 21.4. The highest BCUT2D eigenvalue weighted by Crippen LogP contribution is 2.26. The van der Waals surface area contributed by atoms with Crippen molar-refractivity contribution in [3.63, 3.8) is 0 Å². The molecule has 2 aromatic heterocycles. The molecule has 0 bridgehead atoms. The van der Waals surface area contributed by atoms with Crippen LogP contribution in [0.3, 0.4) is 0 Å². The van der Waals surface area contributed by atoms with Crippen LogP contribution in [0.1, 0.15) is 12.6 Å². The molecule has 0 radical (unpaired) electrons. The van der Waals surface area contributed by atoms with Crippen molar-refractivity contribution in [1.29, 1.82) is 0 Å². The Morgan fingerprint density at radius 3 is 2.94 bits per heavy atom. The zero-order valence-electron chi connectivity index (χ0n) is 18.1. The highest BCUT2D eigenvalue weighted by molar-refractivity contribution is 5.38. The summed E-state index contributed by atoms with van der Waals surface area (Å²) in [5.74, 6) is 0.170. The van der Waals surface area contributed by atoms with Crippen LogP contribution in [-0.4, -0.2) is 37.1 Å².